The lowest BCUT2D eigenvalue weighted by Gasteiger charge is -2.26. The second kappa shape index (κ2) is 9.44. The number of Topliss-reactive ketones (excluding diaryl/α,β-unsaturated/α-hetero) is 1. The standard InChI is InChI=1S/C25H27N7O/c1-2-16-7-6-10-19(13-16)23(33)25-26-22(27-28-25)15-17-11-12-20(18-8-4-3-5-9-18)21(14-17)24-29-31-32-30-24/h3-5,8-9,11-12,14,16,19H,2,6-7,10,13,15H2,1H3,(H,26,27,28)(H,29,30,31,32). The van der Waals surface area contributed by atoms with E-state index in [1.165, 1.54) is 6.42 Å². The van der Waals surface area contributed by atoms with Gasteiger partial charge in [-0.25, -0.2) is 10.1 Å². The fourth-order valence-corrected chi connectivity index (χ4v) is 4.80. The zero-order chi connectivity index (χ0) is 22.6. The summed E-state index contributed by atoms with van der Waals surface area (Å²) in [5, 5.41) is 21.7. The third-order valence-electron chi connectivity index (χ3n) is 6.62. The third-order valence-corrected chi connectivity index (χ3v) is 6.62. The van der Waals surface area contributed by atoms with Gasteiger partial charge in [0.1, 0.15) is 5.82 Å². The smallest absolute Gasteiger partial charge is 0.217 e. The van der Waals surface area contributed by atoms with E-state index in [2.05, 4.69) is 73.1 Å². The van der Waals surface area contributed by atoms with Gasteiger partial charge in [0.25, 0.3) is 0 Å². The molecule has 0 amide bonds. The van der Waals surface area contributed by atoms with Gasteiger partial charge in [0.05, 0.1) is 0 Å². The molecule has 2 aromatic heterocycles. The van der Waals surface area contributed by atoms with Gasteiger partial charge < -0.3 is 0 Å². The predicted octanol–water partition coefficient (Wildman–Crippen LogP) is 4.64. The first kappa shape index (κ1) is 21.2. The van der Waals surface area contributed by atoms with Gasteiger partial charge in [-0.2, -0.15) is 5.10 Å². The minimum Gasteiger partial charge on any atom is -0.290 e. The number of carbonyl (C=O) groups excluding carboxylic acids is 1. The van der Waals surface area contributed by atoms with Gasteiger partial charge in [-0.1, -0.05) is 68.7 Å². The van der Waals surface area contributed by atoms with Crippen molar-refractivity contribution in [3.05, 3.63) is 65.7 Å². The van der Waals surface area contributed by atoms with Crippen LogP contribution in [-0.2, 0) is 6.42 Å². The maximum absolute atomic E-state index is 13.0. The number of nitrogens with zero attached hydrogens (tertiary/aromatic N) is 5. The van der Waals surface area contributed by atoms with Crippen molar-refractivity contribution in [2.45, 2.75) is 45.4 Å². The first-order valence-electron chi connectivity index (χ1n) is 11.6. The van der Waals surface area contributed by atoms with Gasteiger partial charge in [-0.05, 0) is 51.9 Å². The number of aromatic amines is 2. The van der Waals surface area contributed by atoms with Gasteiger partial charge in [0, 0.05) is 17.9 Å². The highest BCUT2D eigenvalue weighted by molar-refractivity contribution is 5.94. The monoisotopic (exact) mass is 441 g/mol. The van der Waals surface area contributed by atoms with Crippen LogP contribution in [0.15, 0.2) is 48.5 Å². The van der Waals surface area contributed by atoms with Crippen LogP contribution in [0.1, 0.15) is 61.0 Å². The Bertz CT molecular complexity index is 1220. The van der Waals surface area contributed by atoms with Crippen LogP contribution < -0.4 is 0 Å². The number of tetrazole rings is 1. The molecule has 0 saturated heterocycles. The summed E-state index contributed by atoms with van der Waals surface area (Å²) in [4.78, 5) is 17.5. The summed E-state index contributed by atoms with van der Waals surface area (Å²) in [5.41, 5.74) is 4.06. The quantitative estimate of drug-likeness (QED) is 0.404. The fraction of sp³-hybridized carbons (Fsp3) is 0.360. The van der Waals surface area contributed by atoms with E-state index in [9.17, 15) is 4.79 Å². The first-order chi connectivity index (χ1) is 16.2. The normalized spacial score (nSPS) is 18.3. The molecule has 5 rings (SSSR count). The van der Waals surface area contributed by atoms with Crippen molar-refractivity contribution in [2.75, 3.05) is 0 Å². The predicted molar refractivity (Wildman–Crippen MR) is 124 cm³/mol. The number of aromatic nitrogens is 7. The number of hydrogen-bond acceptors (Lipinski definition) is 6. The van der Waals surface area contributed by atoms with E-state index >= 15 is 0 Å². The Hall–Kier alpha value is -3.68. The Morgan fingerprint density at radius 1 is 1.06 bits per heavy atom. The summed E-state index contributed by atoms with van der Waals surface area (Å²) in [6.45, 7) is 2.20. The minimum absolute atomic E-state index is 0.0445. The zero-order valence-corrected chi connectivity index (χ0v) is 18.7. The molecule has 8 nitrogen and oxygen atoms in total. The van der Waals surface area contributed by atoms with Crippen LogP contribution in [0.3, 0.4) is 0 Å². The summed E-state index contributed by atoms with van der Waals surface area (Å²) >= 11 is 0. The van der Waals surface area contributed by atoms with Crippen molar-refractivity contribution in [3.63, 3.8) is 0 Å². The van der Waals surface area contributed by atoms with Crippen molar-refractivity contribution in [1.82, 2.24) is 35.8 Å². The fourth-order valence-electron chi connectivity index (χ4n) is 4.80. The topological polar surface area (TPSA) is 113 Å². The number of benzene rings is 2. The van der Waals surface area contributed by atoms with Crippen molar-refractivity contribution in [3.8, 4) is 22.5 Å². The van der Waals surface area contributed by atoms with Crippen LogP contribution in [-0.4, -0.2) is 41.6 Å². The van der Waals surface area contributed by atoms with Gasteiger partial charge >= 0.3 is 0 Å². The van der Waals surface area contributed by atoms with Crippen molar-refractivity contribution in [1.29, 1.82) is 0 Å². The summed E-state index contributed by atoms with van der Waals surface area (Å²) in [6.07, 6.45) is 5.89. The number of nitrogens with one attached hydrogen (secondary N) is 2. The van der Waals surface area contributed by atoms with Crippen molar-refractivity contribution in [2.24, 2.45) is 11.8 Å². The van der Waals surface area contributed by atoms with Gasteiger partial charge in [0.15, 0.2) is 5.82 Å². The molecule has 168 valence electrons. The van der Waals surface area contributed by atoms with Crippen LogP contribution >= 0.6 is 0 Å². The summed E-state index contributed by atoms with van der Waals surface area (Å²) in [5.74, 6) is 2.35. The van der Waals surface area contributed by atoms with E-state index < -0.39 is 0 Å². The summed E-state index contributed by atoms with van der Waals surface area (Å²) in [6, 6.07) is 16.3. The molecule has 4 aromatic rings. The number of rotatable bonds is 7. The highest BCUT2D eigenvalue weighted by Gasteiger charge is 2.29. The first-order valence-corrected chi connectivity index (χ1v) is 11.6. The Balaban J connectivity index is 1.37. The van der Waals surface area contributed by atoms with E-state index in [0.29, 0.717) is 29.8 Å². The van der Waals surface area contributed by atoms with E-state index in [1.54, 1.807) is 0 Å². The number of ketones is 1. The van der Waals surface area contributed by atoms with E-state index in [4.69, 9.17) is 0 Å². The van der Waals surface area contributed by atoms with E-state index in [0.717, 1.165) is 47.9 Å². The molecular weight excluding hydrogens is 414 g/mol. The summed E-state index contributed by atoms with van der Waals surface area (Å²) < 4.78 is 0. The number of hydrogen-bond donors (Lipinski definition) is 2. The Morgan fingerprint density at radius 3 is 2.73 bits per heavy atom. The molecule has 2 N–H and O–H groups in total. The second-order valence-electron chi connectivity index (χ2n) is 8.78. The Labute approximate surface area is 192 Å². The van der Waals surface area contributed by atoms with Crippen LogP contribution in [0.25, 0.3) is 22.5 Å². The highest BCUT2D eigenvalue weighted by Crippen LogP contribution is 2.33. The lowest BCUT2D eigenvalue weighted by atomic mass is 9.78. The molecule has 33 heavy (non-hydrogen) atoms. The second-order valence-corrected chi connectivity index (χ2v) is 8.78. The van der Waals surface area contributed by atoms with Gasteiger partial charge in [-0.15, -0.1) is 5.10 Å². The largest absolute Gasteiger partial charge is 0.290 e. The molecule has 0 bridgehead atoms. The van der Waals surface area contributed by atoms with Gasteiger partial charge in [0.2, 0.25) is 11.6 Å². The van der Waals surface area contributed by atoms with Crippen LogP contribution in [0, 0.1) is 11.8 Å². The SMILES string of the molecule is CCC1CCCC(C(=O)c2n[nH]c(Cc3ccc(-c4ccccc4)c(-c4nnn[nH]4)c3)n2)C1. The van der Waals surface area contributed by atoms with E-state index in [-0.39, 0.29) is 11.7 Å². The molecule has 0 spiro atoms. The molecule has 2 atom stereocenters. The molecule has 0 radical (unpaired) electrons. The van der Waals surface area contributed by atoms with Crippen LogP contribution in [0.2, 0.25) is 0 Å². The lowest BCUT2D eigenvalue weighted by Crippen LogP contribution is -2.23. The van der Waals surface area contributed by atoms with Crippen LogP contribution in [0.4, 0.5) is 0 Å². The number of H-pyrrole nitrogens is 2. The summed E-state index contributed by atoms with van der Waals surface area (Å²) in [7, 11) is 0. The molecule has 1 fully saturated rings. The maximum Gasteiger partial charge on any atom is 0.217 e. The van der Waals surface area contributed by atoms with Crippen LogP contribution in [0.5, 0.6) is 0 Å². The van der Waals surface area contributed by atoms with Crippen molar-refractivity contribution >= 4 is 5.78 Å². The zero-order valence-electron chi connectivity index (χ0n) is 18.7. The maximum atomic E-state index is 13.0. The molecule has 8 heteroatoms. The van der Waals surface area contributed by atoms with E-state index in [1.807, 2.05) is 18.2 Å². The average Bonchev–Trinajstić information content (AvgIpc) is 3.57. The minimum atomic E-state index is 0.0445. The molecule has 0 aliphatic heterocycles. The molecule has 1 aliphatic carbocycles. The molecular formula is C25H27N7O. The third kappa shape index (κ3) is 4.60. The Kier molecular flexibility index (Phi) is 6.06. The molecule has 2 heterocycles. The Morgan fingerprint density at radius 2 is 1.94 bits per heavy atom. The molecule has 1 aliphatic rings. The lowest BCUT2D eigenvalue weighted by molar-refractivity contribution is 0.0851. The molecule has 2 aromatic carbocycles. The number of carbonyl (C=O) groups is 1. The average molecular weight is 442 g/mol. The van der Waals surface area contributed by atoms with Crippen molar-refractivity contribution < 1.29 is 4.79 Å². The highest BCUT2D eigenvalue weighted by atomic mass is 16.1. The molecule has 1 saturated carbocycles. The van der Waals surface area contributed by atoms with Gasteiger partial charge in [-0.3, -0.25) is 9.89 Å². The molecule has 2 unspecified atom stereocenters.